The molecule has 0 saturated heterocycles. The lowest BCUT2D eigenvalue weighted by atomic mass is 9.79. The van der Waals surface area contributed by atoms with Crippen molar-refractivity contribution in [3.8, 4) is 0 Å². The summed E-state index contributed by atoms with van der Waals surface area (Å²) in [6.07, 6.45) is 2.80. The number of ketones is 1. The summed E-state index contributed by atoms with van der Waals surface area (Å²) in [5.41, 5.74) is 1.08. The van der Waals surface area contributed by atoms with E-state index in [0.717, 1.165) is 19.3 Å². The molecule has 1 aliphatic carbocycles. The Morgan fingerprint density at radius 1 is 1.22 bits per heavy atom. The number of rotatable bonds is 3. The van der Waals surface area contributed by atoms with Gasteiger partial charge >= 0.3 is 5.97 Å². The van der Waals surface area contributed by atoms with Crippen molar-refractivity contribution in [1.82, 2.24) is 4.98 Å². The molecule has 2 aromatic rings. The third kappa shape index (κ3) is 1.53. The zero-order valence-corrected chi connectivity index (χ0v) is 9.77. The SMILES string of the molecule is O=C(O)c1[nH]c2ccccc2c1C(=O)C1CCC1. The molecule has 1 fully saturated rings. The van der Waals surface area contributed by atoms with Crippen LogP contribution in [0, 0.1) is 5.92 Å². The predicted octanol–water partition coefficient (Wildman–Crippen LogP) is 2.85. The maximum atomic E-state index is 12.3. The van der Waals surface area contributed by atoms with Gasteiger partial charge in [0.25, 0.3) is 0 Å². The summed E-state index contributed by atoms with van der Waals surface area (Å²) in [5, 5.41) is 9.92. The summed E-state index contributed by atoms with van der Waals surface area (Å²) in [5.74, 6) is -1.10. The molecule has 0 radical (unpaired) electrons. The lowest BCUT2D eigenvalue weighted by Crippen LogP contribution is -2.23. The topological polar surface area (TPSA) is 70.2 Å². The Balaban J connectivity index is 2.20. The molecule has 0 bridgehead atoms. The van der Waals surface area contributed by atoms with Crippen LogP contribution in [0.1, 0.15) is 40.1 Å². The van der Waals surface area contributed by atoms with Gasteiger partial charge in [-0.05, 0) is 18.9 Å². The van der Waals surface area contributed by atoms with Crippen molar-refractivity contribution < 1.29 is 14.7 Å². The van der Waals surface area contributed by atoms with Gasteiger partial charge in [0.1, 0.15) is 5.69 Å². The van der Waals surface area contributed by atoms with Gasteiger partial charge in [0.2, 0.25) is 0 Å². The van der Waals surface area contributed by atoms with Gasteiger partial charge in [-0.25, -0.2) is 4.79 Å². The highest BCUT2D eigenvalue weighted by molar-refractivity contribution is 6.15. The minimum atomic E-state index is -1.08. The van der Waals surface area contributed by atoms with Crippen LogP contribution in [-0.2, 0) is 0 Å². The lowest BCUT2D eigenvalue weighted by Gasteiger charge is -2.23. The molecule has 0 amide bonds. The molecule has 0 atom stereocenters. The molecule has 1 aromatic heterocycles. The van der Waals surface area contributed by atoms with Crippen LogP contribution in [0.15, 0.2) is 24.3 Å². The molecule has 2 N–H and O–H groups in total. The van der Waals surface area contributed by atoms with Crippen LogP contribution in [0.2, 0.25) is 0 Å². The summed E-state index contributed by atoms with van der Waals surface area (Å²) in [6.45, 7) is 0. The van der Waals surface area contributed by atoms with E-state index in [1.54, 1.807) is 12.1 Å². The van der Waals surface area contributed by atoms with Gasteiger partial charge in [-0.15, -0.1) is 0 Å². The molecule has 1 saturated carbocycles. The van der Waals surface area contributed by atoms with E-state index in [9.17, 15) is 14.7 Å². The number of carboxylic acids is 1. The van der Waals surface area contributed by atoms with Gasteiger partial charge in [0.05, 0.1) is 5.56 Å². The Morgan fingerprint density at radius 3 is 2.56 bits per heavy atom. The highest BCUT2D eigenvalue weighted by atomic mass is 16.4. The van der Waals surface area contributed by atoms with E-state index in [2.05, 4.69) is 4.98 Å². The number of aromatic amines is 1. The van der Waals surface area contributed by atoms with Crippen molar-refractivity contribution >= 4 is 22.7 Å². The number of hydrogen-bond donors (Lipinski definition) is 2. The quantitative estimate of drug-likeness (QED) is 0.814. The number of fused-ring (bicyclic) bond motifs is 1. The van der Waals surface area contributed by atoms with Crippen LogP contribution in [0.3, 0.4) is 0 Å². The second-order valence-electron chi connectivity index (χ2n) is 4.72. The fraction of sp³-hybridized carbons (Fsp3) is 0.286. The molecular weight excluding hydrogens is 230 g/mol. The normalized spacial score (nSPS) is 15.6. The first-order chi connectivity index (χ1) is 8.68. The minimum absolute atomic E-state index is 0.00214. The van der Waals surface area contributed by atoms with Crippen LogP contribution < -0.4 is 0 Å². The monoisotopic (exact) mass is 243 g/mol. The van der Waals surface area contributed by atoms with Crippen molar-refractivity contribution in [3.05, 3.63) is 35.5 Å². The summed E-state index contributed by atoms with van der Waals surface area (Å²) >= 11 is 0. The number of aromatic nitrogens is 1. The van der Waals surface area contributed by atoms with E-state index in [-0.39, 0.29) is 17.4 Å². The van der Waals surface area contributed by atoms with Crippen LogP contribution in [-0.4, -0.2) is 21.8 Å². The highest BCUT2D eigenvalue weighted by Gasteiger charge is 2.31. The number of carbonyl (C=O) groups excluding carboxylic acids is 1. The van der Waals surface area contributed by atoms with E-state index >= 15 is 0 Å². The zero-order valence-electron chi connectivity index (χ0n) is 9.77. The van der Waals surface area contributed by atoms with Gasteiger partial charge in [-0.3, -0.25) is 4.79 Å². The number of carbonyl (C=O) groups is 2. The number of para-hydroxylation sites is 1. The fourth-order valence-electron chi connectivity index (χ4n) is 2.43. The fourth-order valence-corrected chi connectivity index (χ4v) is 2.43. The first-order valence-electron chi connectivity index (χ1n) is 6.06. The smallest absolute Gasteiger partial charge is 0.353 e. The standard InChI is InChI=1S/C14H13NO3/c16-13(8-4-3-5-8)11-9-6-1-2-7-10(9)15-12(11)14(17)18/h1-2,6-8,15H,3-5H2,(H,17,18). The Kier molecular flexibility index (Phi) is 2.44. The number of carboxylic acid groups (broad SMARTS) is 1. The summed E-state index contributed by atoms with van der Waals surface area (Å²) in [6, 6.07) is 7.23. The third-order valence-corrected chi connectivity index (χ3v) is 3.64. The maximum Gasteiger partial charge on any atom is 0.353 e. The number of benzene rings is 1. The maximum absolute atomic E-state index is 12.3. The highest BCUT2D eigenvalue weighted by Crippen LogP contribution is 2.33. The second-order valence-corrected chi connectivity index (χ2v) is 4.72. The van der Waals surface area contributed by atoms with Crippen molar-refractivity contribution in [3.63, 3.8) is 0 Å². The molecule has 3 rings (SSSR count). The summed E-state index contributed by atoms with van der Waals surface area (Å²) < 4.78 is 0. The van der Waals surface area contributed by atoms with Crippen molar-refractivity contribution in [2.24, 2.45) is 5.92 Å². The van der Waals surface area contributed by atoms with Crippen LogP contribution in [0.4, 0.5) is 0 Å². The molecule has 1 aliphatic rings. The lowest BCUT2D eigenvalue weighted by molar-refractivity contribution is 0.0682. The second kappa shape index (κ2) is 3.98. The van der Waals surface area contributed by atoms with Gasteiger partial charge in [0, 0.05) is 16.8 Å². The number of aromatic carboxylic acids is 1. The Labute approximate surface area is 104 Å². The Hall–Kier alpha value is -2.10. The first kappa shape index (κ1) is 11.0. The van der Waals surface area contributed by atoms with E-state index in [4.69, 9.17) is 0 Å². The molecule has 0 spiro atoms. The number of Topliss-reactive ketones (excluding diaryl/α,β-unsaturated/α-hetero) is 1. The van der Waals surface area contributed by atoms with Crippen LogP contribution >= 0.6 is 0 Å². The first-order valence-corrected chi connectivity index (χ1v) is 6.06. The van der Waals surface area contributed by atoms with Crippen molar-refractivity contribution in [2.75, 3.05) is 0 Å². The molecule has 1 aromatic carbocycles. The van der Waals surface area contributed by atoms with Crippen LogP contribution in [0.5, 0.6) is 0 Å². The van der Waals surface area contributed by atoms with Crippen molar-refractivity contribution in [2.45, 2.75) is 19.3 Å². The van der Waals surface area contributed by atoms with E-state index in [1.807, 2.05) is 12.1 Å². The van der Waals surface area contributed by atoms with Gasteiger partial charge in [-0.1, -0.05) is 24.6 Å². The summed E-state index contributed by atoms with van der Waals surface area (Å²) in [7, 11) is 0. The number of hydrogen-bond acceptors (Lipinski definition) is 2. The Morgan fingerprint density at radius 2 is 1.94 bits per heavy atom. The predicted molar refractivity (Wildman–Crippen MR) is 66.9 cm³/mol. The van der Waals surface area contributed by atoms with Crippen molar-refractivity contribution in [1.29, 1.82) is 0 Å². The molecule has 1 heterocycles. The van der Waals surface area contributed by atoms with Gasteiger partial charge in [-0.2, -0.15) is 0 Å². The van der Waals surface area contributed by atoms with E-state index in [1.165, 1.54) is 0 Å². The number of H-pyrrole nitrogens is 1. The Bertz CT molecular complexity index is 638. The molecule has 4 heteroatoms. The molecular formula is C14H13NO3. The molecule has 4 nitrogen and oxygen atoms in total. The van der Waals surface area contributed by atoms with E-state index < -0.39 is 5.97 Å². The largest absolute Gasteiger partial charge is 0.477 e. The third-order valence-electron chi connectivity index (χ3n) is 3.64. The molecule has 18 heavy (non-hydrogen) atoms. The minimum Gasteiger partial charge on any atom is -0.477 e. The van der Waals surface area contributed by atoms with Gasteiger partial charge < -0.3 is 10.1 Å². The van der Waals surface area contributed by atoms with Gasteiger partial charge in [0.15, 0.2) is 5.78 Å². The molecule has 0 unspecified atom stereocenters. The zero-order chi connectivity index (χ0) is 12.7. The molecule has 92 valence electrons. The average Bonchev–Trinajstić information content (AvgIpc) is 2.65. The van der Waals surface area contributed by atoms with Crippen LogP contribution in [0.25, 0.3) is 10.9 Å². The average molecular weight is 243 g/mol. The number of nitrogens with one attached hydrogen (secondary N) is 1. The molecule has 0 aliphatic heterocycles. The van der Waals surface area contributed by atoms with E-state index in [0.29, 0.717) is 16.5 Å². The summed E-state index contributed by atoms with van der Waals surface area (Å²) in [4.78, 5) is 26.4.